The van der Waals surface area contributed by atoms with Gasteiger partial charge in [0.2, 0.25) is 0 Å². The van der Waals surface area contributed by atoms with Crippen LogP contribution >= 0.6 is 0 Å². The lowest BCUT2D eigenvalue weighted by molar-refractivity contribution is 0.0953. The predicted molar refractivity (Wildman–Crippen MR) is 109 cm³/mol. The molecule has 1 aliphatic heterocycles. The van der Waals surface area contributed by atoms with Gasteiger partial charge in [-0.1, -0.05) is 48.5 Å². The molecule has 2 amide bonds. The Kier molecular flexibility index (Phi) is 5.15. The third-order valence-corrected chi connectivity index (χ3v) is 4.92. The van der Waals surface area contributed by atoms with E-state index in [0.29, 0.717) is 24.2 Å². The fraction of sp³-hybridized carbons (Fsp3) is 0.174. The van der Waals surface area contributed by atoms with Crippen molar-refractivity contribution in [3.8, 4) is 0 Å². The number of nitrogens with zero attached hydrogens (tertiary/aromatic N) is 2. The molecule has 0 radical (unpaired) electrons. The number of rotatable bonds is 5. The fourth-order valence-corrected chi connectivity index (χ4v) is 3.45. The van der Waals surface area contributed by atoms with E-state index in [0.717, 1.165) is 24.1 Å². The first-order valence-electron chi connectivity index (χ1n) is 9.39. The highest BCUT2D eigenvalue weighted by molar-refractivity contribution is 6.08. The van der Waals surface area contributed by atoms with Crippen molar-refractivity contribution in [3.63, 3.8) is 0 Å². The van der Waals surface area contributed by atoms with E-state index >= 15 is 0 Å². The number of para-hydroxylation sites is 1. The Hall–Kier alpha value is -3.47. The van der Waals surface area contributed by atoms with Gasteiger partial charge in [0.15, 0.2) is 0 Å². The summed E-state index contributed by atoms with van der Waals surface area (Å²) in [4.78, 5) is 31.3. The summed E-state index contributed by atoms with van der Waals surface area (Å²) in [5, 5.41) is 2.89. The summed E-state index contributed by atoms with van der Waals surface area (Å²) in [5.41, 5.74) is 4.08. The number of anilines is 1. The summed E-state index contributed by atoms with van der Waals surface area (Å²) >= 11 is 0. The van der Waals surface area contributed by atoms with E-state index in [2.05, 4.69) is 10.3 Å². The van der Waals surface area contributed by atoms with E-state index in [1.54, 1.807) is 11.0 Å². The maximum Gasteiger partial charge on any atom is 0.259 e. The lowest BCUT2D eigenvalue weighted by Crippen LogP contribution is -2.30. The van der Waals surface area contributed by atoms with Gasteiger partial charge in [0.25, 0.3) is 11.8 Å². The maximum atomic E-state index is 12.9. The Labute approximate surface area is 164 Å². The SMILES string of the molecule is O=C(NCCc1ccccc1)c1cncc(C(=O)N2CCc3ccccc32)c1. The quantitative estimate of drug-likeness (QED) is 0.749. The third-order valence-electron chi connectivity index (χ3n) is 4.92. The lowest BCUT2D eigenvalue weighted by Gasteiger charge is -2.17. The van der Waals surface area contributed by atoms with Crippen molar-refractivity contribution in [1.29, 1.82) is 0 Å². The highest BCUT2D eigenvalue weighted by Crippen LogP contribution is 2.28. The first-order chi connectivity index (χ1) is 13.7. The van der Waals surface area contributed by atoms with Gasteiger partial charge >= 0.3 is 0 Å². The van der Waals surface area contributed by atoms with Gasteiger partial charge in [0.05, 0.1) is 11.1 Å². The zero-order chi connectivity index (χ0) is 19.3. The van der Waals surface area contributed by atoms with Crippen LogP contribution in [0.2, 0.25) is 0 Å². The van der Waals surface area contributed by atoms with Gasteiger partial charge in [-0.05, 0) is 36.1 Å². The Morgan fingerprint density at radius 1 is 0.964 bits per heavy atom. The molecular formula is C23H21N3O2. The van der Waals surface area contributed by atoms with Gasteiger partial charge in [0.1, 0.15) is 0 Å². The predicted octanol–water partition coefficient (Wildman–Crippen LogP) is 3.26. The average Bonchev–Trinajstić information content (AvgIpc) is 3.18. The number of fused-ring (bicyclic) bond motifs is 1. The molecule has 5 nitrogen and oxygen atoms in total. The van der Waals surface area contributed by atoms with Crippen LogP contribution in [-0.4, -0.2) is 29.9 Å². The number of hydrogen-bond acceptors (Lipinski definition) is 3. The van der Waals surface area contributed by atoms with Gasteiger partial charge in [-0.25, -0.2) is 0 Å². The summed E-state index contributed by atoms with van der Waals surface area (Å²) < 4.78 is 0. The second-order valence-corrected chi connectivity index (χ2v) is 6.79. The van der Waals surface area contributed by atoms with Crippen LogP contribution in [0.1, 0.15) is 31.8 Å². The van der Waals surface area contributed by atoms with Crippen molar-refractivity contribution in [2.45, 2.75) is 12.8 Å². The van der Waals surface area contributed by atoms with Crippen LogP contribution in [0.25, 0.3) is 0 Å². The van der Waals surface area contributed by atoms with Crippen LogP contribution < -0.4 is 10.2 Å². The molecule has 28 heavy (non-hydrogen) atoms. The van der Waals surface area contributed by atoms with E-state index in [1.807, 2.05) is 54.6 Å². The molecule has 1 N–H and O–H groups in total. The van der Waals surface area contributed by atoms with Crippen LogP contribution in [0.15, 0.2) is 73.1 Å². The van der Waals surface area contributed by atoms with Crippen molar-refractivity contribution in [1.82, 2.24) is 10.3 Å². The summed E-state index contributed by atoms with van der Waals surface area (Å²) in [6.07, 6.45) is 4.61. The Bertz CT molecular complexity index is 1000. The molecule has 0 atom stereocenters. The zero-order valence-corrected chi connectivity index (χ0v) is 15.5. The number of hydrogen-bond donors (Lipinski definition) is 1. The van der Waals surface area contributed by atoms with E-state index in [-0.39, 0.29) is 11.8 Å². The Morgan fingerprint density at radius 3 is 2.57 bits per heavy atom. The molecule has 1 aliphatic rings. The van der Waals surface area contributed by atoms with E-state index in [4.69, 9.17) is 0 Å². The average molecular weight is 371 g/mol. The van der Waals surface area contributed by atoms with Crippen molar-refractivity contribution in [2.75, 3.05) is 18.0 Å². The van der Waals surface area contributed by atoms with Crippen LogP contribution in [0.4, 0.5) is 5.69 Å². The molecule has 4 rings (SSSR count). The molecule has 140 valence electrons. The molecule has 2 heterocycles. The third kappa shape index (κ3) is 3.78. The van der Waals surface area contributed by atoms with Crippen LogP contribution in [-0.2, 0) is 12.8 Å². The molecule has 3 aromatic rings. The largest absolute Gasteiger partial charge is 0.352 e. The number of pyridine rings is 1. The molecule has 0 saturated heterocycles. The topological polar surface area (TPSA) is 62.3 Å². The molecule has 5 heteroatoms. The molecular weight excluding hydrogens is 350 g/mol. The monoisotopic (exact) mass is 371 g/mol. The van der Waals surface area contributed by atoms with Gasteiger partial charge in [-0.15, -0.1) is 0 Å². The number of nitrogens with one attached hydrogen (secondary N) is 1. The smallest absolute Gasteiger partial charge is 0.259 e. The molecule has 0 unspecified atom stereocenters. The van der Waals surface area contributed by atoms with Gasteiger partial charge in [-0.3, -0.25) is 14.6 Å². The first-order valence-corrected chi connectivity index (χ1v) is 9.39. The minimum Gasteiger partial charge on any atom is -0.352 e. The Morgan fingerprint density at radius 2 is 1.71 bits per heavy atom. The van der Waals surface area contributed by atoms with Crippen molar-refractivity contribution in [2.24, 2.45) is 0 Å². The maximum absolute atomic E-state index is 12.9. The zero-order valence-electron chi connectivity index (χ0n) is 15.5. The lowest BCUT2D eigenvalue weighted by atomic mass is 10.1. The number of amides is 2. The minimum absolute atomic E-state index is 0.128. The standard InChI is InChI=1S/C23H21N3O2/c27-22(25-12-10-17-6-2-1-3-7-17)19-14-20(16-24-15-19)23(28)26-13-11-18-8-4-5-9-21(18)26/h1-9,14-16H,10-13H2,(H,25,27). The van der Waals surface area contributed by atoms with E-state index in [9.17, 15) is 9.59 Å². The highest BCUT2D eigenvalue weighted by Gasteiger charge is 2.25. The van der Waals surface area contributed by atoms with E-state index in [1.165, 1.54) is 18.0 Å². The van der Waals surface area contributed by atoms with Crippen molar-refractivity contribution < 1.29 is 9.59 Å². The number of aromatic nitrogens is 1. The molecule has 0 bridgehead atoms. The summed E-state index contributed by atoms with van der Waals surface area (Å²) in [7, 11) is 0. The number of carbonyl (C=O) groups excluding carboxylic acids is 2. The molecule has 2 aromatic carbocycles. The number of benzene rings is 2. The summed E-state index contributed by atoms with van der Waals surface area (Å²) in [6, 6.07) is 19.5. The molecule has 0 spiro atoms. The van der Waals surface area contributed by atoms with Crippen LogP contribution in [0.3, 0.4) is 0 Å². The molecule has 0 saturated carbocycles. The normalized spacial score (nSPS) is 12.5. The second kappa shape index (κ2) is 8.05. The van der Waals surface area contributed by atoms with E-state index < -0.39 is 0 Å². The van der Waals surface area contributed by atoms with Crippen LogP contribution in [0, 0.1) is 0 Å². The van der Waals surface area contributed by atoms with Crippen molar-refractivity contribution >= 4 is 17.5 Å². The minimum atomic E-state index is -0.222. The molecule has 0 fully saturated rings. The highest BCUT2D eigenvalue weighted by atomic mass is 16.2. The number of carbonyl (C=O) groups is 2. The molecule has 1 aromatic heterocycles. The fourth-order valence-electron chi connectivity index (χ4n) is 3.45. The van der Waals surface area contributed by atoms with Crippen molar-refractivity contribution in [3.05, 3.63) is 95.3 Å². The van der Waals surface area contributed by atoms with Gasteiger partial charge < -0.3 is 10.2 Å². The summed E-state index contributed by atoms with van der Waals surface area (Å²) in [6.45, 7) is 1.17. The second-order valence-electron chi connectivity index (χ2n) is 6.79. The summed E-state index contributed by atoms with van der Waals surface area (Å²) in [5.74, 6) is -0.351. The molecule has 0 aliphatic carbocycles. The van der Waals surface area contributed by atoms with Crippen LogP contribution in [0.5, 0.6) is 0 Å². The van der Waals surface area contributed by atoms with Gasteiger partial charge in [0, 0.05) is 31.2 Å². The Balaban J connectivity index is 1.43. The van der Waals surface area contributed by atoms with Gasteiger partial charge in [-0.2, -0.15) is 0 Å². The first kappa shape index (κ1) is 17.9.